The third kappa shape index (κ3) is 3.53. The highest BCUT2D eigenvalue weighted by Gasteiger charge is 2.18. The Morgan fingerprint density at radius 1 is 1.22 bits per heavy atom. The number of carbonyl (C=O) groups is 1. The molecule has 96 valence electrons. The predicted molar refractivity (Wildman–Crippen MR) is 69.7 cm³/mol. The fourth-order valence-corrected chi connectivity index (χ4v) is 2.22. The highest BCUT2D eigenvalue weighted by atomic mass is 32.2. The van der Waals surface area contributed by atoms with E-state index < -0.39 is 15.9 Å². The first-order chi connectivity index (χ1) is 8.51. The number of amides is 1. The Hall–Kier alpha value is -1.95. The highest BCUT2D eigenvalue weighted by Crippen LogP contribution is 2.08. The SMILES string of the molecule is CC=N/C(=C\C)C(=O)NS(=O)(=O)c1ccccc1. The maximum atomic E-state index is 11.9. The minimum Gasteiger partial charge on any atom is -0.266 e. The number of allylic oxidation sites excluding steroid dienone is 1. The Bertz CT molecular complexity index is 575. The fraction of sp³-hybridized carbons (Fsp3) is 0.167. The van der Waals surface area contributed by atoms with Gasteiger partial charge in [-0.25, -0.2) is 13.1 Å². The van der Waals surface area contributed by atoms with Gasteiger partial charge in [0.2, 0.25) is 0 Å². The molecule has 1 aromatic carbocycles. The van der Waals surface area contributed by atoms with Gasteiger partial charge in [0.1, 0.15) is 5.70 Å². The third-order valence-corrected chi connectivity index (χ3v) is 3.40. The molecule has 0 aliphatic heterocycles. The number of benzene rings is 1. The fourth-order valence-electron chi connectivity index (χ4n) is 1.24. The first-order valence-corrected chi connectivity index (χ1v) is 6.76. The van der Waals surface area contributed by atoms with Gasteiger partial charge in [0.05, 0.1) is 4.90 Å². The van der Waals surface area contributed by atoms with Crippen molar-refractivity contribution in [1.29, 1.82) is 0 Å². The molecule has 0 aliphatic carbocycles. The Balaban J connectivity index is 2.95. The first kappa shape index (κ1) is 14.1. The predicted octanol–water partition coefficient (Wildman–Crippen LogP) is 1.49. The smallest absolute Gasteiger partial charge is 0.266 e. The molecule has 0 unspecified atom stereocenters. The summed E-state index contributed by atoms with van der Waals surface area (Å²) in [6, 6.07) is 7.68. The van der Waals surface area contributed by atoms with Gasteiger partial charge in [-0.3, -0.25) is 9.79 Å². The van der Waals surface area contributed by atoms with Gasteiger partial charge in [-0.1, -0.05) is 24.3 Å². The van der Waals surface area contributed by atoms with Crippen molar-refractivity contribution in [2.24, 2.45) is 4.99 Å². The Morgan fingerprint density at radius 3 is 2.33 bits per heavy atom. The van der Waals surface area contributed by atoms with E-state index in [9.17, 15) is 13.2 Å². The molecule has 0 bridgehead atoms. The molecule has 18 heavy (non-hydrogen) atoms. The Morgan fingerprint density at radius 2 is 1.83 bits per heavy atom. The van der Waals surface area contributed by atoms with Crippen molar-refractivity contribution in [3.05, 3.63) is 42.1 Å². The second-order valence-electron chi connectivity index (χ2n) is 3.31. The van der Waals surface area contributed by atoms with Crippen molar-refractivity contribution >= 4 is 22.1 Å². The van der Waals surface area contributed by atoms with Crippen LogP contribution in [0.25, 0.3) is 0 Å². The highest BCUT2D eigenvalue weighted by molar-refractivity contribution is 7.90. The molecule has 0 spiro atoms. The van der Waals surface area contributed by atoms with Gasteiger partial charge in [-0.05, 0) is 26.0 Å². The number of carbonyl (C=O) groups excluding carboxylic acids is 1. The van der Waals surface area contributed by atoms with E-state index in [1.807, 2.05) is 4.72 Å². The molecule has 0 aliphatic rings. The molecular formula is C12H14N2O3S. The quantitative estimate of drug-likeness (QED) is 0.662. The van der Waals surface area contributed by atoms with E-state index in [-0.39, 0.29) is 10.6 Å². The van der Waals surface area contributed by atoms with Gasteiger partial charge in [0, 0.05) is 6.21 Å². The lowest BCUT2D eigenvalue weighted by atomic mass is 10.4. The zero-order valence-electron chi connectivity index (χ0n) is 10.1. The summed E-state index contributed by atoms with van der Waals surface area (Å²) in [5.41, 5.74) is 0.0528. The molecule has 0 heterocycles. The standard InChI is InChI=1S/C12H14N2O3S/c1-3-11(13-4-2)12(15)14-18(16,17)10-8-6-5-7-9-10/h3-9H,1-2H3,(H,14,15)/b11-3-,13-4?. The van der Waals surface area contributed by atoms with E-state index >= 15 is 0 Å². The zero-order chi connectivity index (χ0) is 13.6. The molecular weight excluding hydrogens is 252 g/mol. The molecule has 0 saturated heterocycles. The molecule has 0 fully saturated rings. The van der Waals surface area contributed by atoms with E-state index in [0.717, 1.165) is 0 Å². The molecule has 1 aromatic rings. The lowest BCUT2D eigenvalue weighted by Gasteiger charge is -2.06. The van der Waals surface area contributed by atoms with E-state index in [2.05, 4.69) is 4.99 Å². The average Bonchev–Trinajstić information content (AvgIpc) is 2.36. The van der Waals surface area contributed by atoms with Gasteiger partial charge >= 0.3 is 0 Å². The lowest BCUT2D eigenvalue weighted by Crippen LogP contribution is -2.31. The van der Waals surface area contributed by atoms with E-state index in [1.165, 1.54) is 24.4 Å². The molecule has 1 rings (SSSR count). The summed E-state index contributed by atoms with van der Waals surface area (Å²) >= 11 is 0. The van der Waals surface area contributed by atoms with Crippen LogP contribution in [0.15, 0.2) is 52.0 Å². The molecule has 0 aromatic heterocycles. The number of nitrogens with zero attached hydrogens (tertiary/aromatic N) is 1. The zero-order valence-corrected chi connectivity index (χ0v) is 10.9. The van der Waals surface area contributed by atoms with Gasteiger partial charge < -0.3 is 0 Å². The monoisotopic (exact) mass is 266 g/mol. The normalized spacial score (nSPS) is 12.7. The largest absolute Gasteiger partial charge is 0.283 e. The maximum absolute atomic E-state index is 11.9. The summed E-state index contributed by atoms with van der Waals surface area (Å²) in [5.74, 6) is -0.751. The minimum absolute atomic E-state index is 0.0364. The van der Waals surface area contributed by atoms with Gasteiger partial charge in [0.25, 0.3) is 15.9 Å². The number of rotatable bonds is 4. The van der Waals surface area contributed by atoms with Crippen molar-refractivity contribution in [3.8, 4) is 0 Å². The van der Waals surface area contributed by atoms with Crippen LogP contribution in [0.4, 0.5) is 0 Å². The van der Waals surface area contributed by atoms with E-state index in [4.69, 9.17) is 0 Å². The molecule has 0 radical (unpaired) electrons. The van der Waals surface area contributed by atoms with E-state index in [0.29, 0.717) is 0 Å². The first-order valence-electron chi connectivity index (χ1n) is 5.28. The van der Waals surface area contributed by atoms with Crippen LogP contribution in [0.3, 0.4) is 0 Å². The van der Waals surface area contributed by atoms with Crippen LogP contribution < -0.4 is 4.72 Å². The number of hydrogen-bond donors (Lipinski definition) is 1. The number of nitrogens with one attached hydrogen (secondary N) is 1. The van der Waals surface area contributed by atoms with Gasteiger partial charge in [-0.2, -0.15) is 0 Å². The Kier molecular flexibility index (Phi) is 4.79. The van der Waals surface area contributed by atoms with E-state index in [1.54, 1.807) is 32.0 Å². The second kappa shape index (κ2) is 6.11. The van der Waals surface area contributed by atoms with Crippen LogP contribution in [0, 0.1) is 0 Å². The van der Waals surface area contributed by atoms with Gasteiger partial charge in [-0.15, -0.1) is 0 Å². The minimum atomic E-state index is -3.85. The molecule has 0 atom stereocenters. The number of aliphatic imine (C=N–C) groups is 1. The summed E-state index contributed by atoms with van der Waals surface area (Å²) in [6.45, 7) is 3.25. The number of sulfonamides is 1. The summed E-state index contributed by atoms with van der Waals surface area (Å²) in [7, 11) is -3.85. The van der Waals surface area contributed by atoms with Gasteiger partial charge in [0.15, 0.2) is 0 Å². The van der Waals surface area contributed by atoms with Crippen LogP contribution in [0.1, 0.15) is 13.8 Å². The third-order valence-electron chi connectivity index (χ3n) is 2.05. The van der Waals surface area contributed by atoms with Crippen molar-refractivity contribution < 1.29 is 13.2 Å². The van der Waals surface area contributed by atoms with Crippen LogP contribution in [-0.4, -0.2) is 20.5 Å². The molecule has 1 N–H and O–H groups in total. The lowest BCUT2D eigenvalue weighted by molar-refractivity contribution is -0.115. The summed E-state index contributed by atoms with van der Waals surface area (Å²) < 4.78 is 25.7. The molecule has 0 saturated carbocycles. The van der Waals surface area contributed by atoms with Crippen molar-refractivity contribution in [1.82, 2.24) is 4.72 Å². The average molecular weight is 266 g/mol. The second-order valence-corrected chi connectivity index (χ2v) is 4.99. The van der Waals surface area contributed by atoms with Crippen LogP contribution in [0.2, 0.25) is 0 Å². The Labute approximate surface area is 106 Å². The van der Waals surface area contributed by atoms with Crippen molar-refractivity contribution in [2.45, 2.75) is 18.7 Å². The summed E-state index contributed by atoms with van der Waals surface area (Å²) in [6.07, 6.45) is 2.86. The topological polar surface area (TPSA) is 75.6 Å². The summed E-state index contributed by atoms with van der Waals surface area (Å²) in [5, 5.41) is 0. The van der Waals surface area contributed by atoms with Crippen LogP contribution >= 0.6 is 0 Å². The van der Waals surface area contributed by atoms with Crippen molar-refractivity contribution in [3.63, 3.8) is 0 Å². The number of hydrogen-bond acceptors (Lipinski definition) is 4. The summed E-state index contributed by atoms with van der Waals surface area (Å²) in [4.78, 5) is 15.5. The van der Waals surface area contributed by atoms with Crippen LogP contribution in [0.5, 0.6) is 0 Å². The van der Waals surface area contributed by atoms with Crippen LogP contribution in [-0.2, 0) is 14.8 Å². The molecule has 1 amide bonds. The molecule has 5 nitrogen and oxygen atoms in total. The maximum Gasteiger partial charge on any atom is 0.283 e. The van der Waals surface area contributed by atoms with Crippen molar-refractivity contribution in [2.75, 3.05) is 0 Å². The molecule has 6 heteroatoms.